The number of carbonyl (C=O) groups excluding carboxylic acids is 1. The van der Waals surface area contributed by atoms with Crippen LogP contribution in [-0.2, 0) is 7.05 Å². The van der Waals surface area contributed by atoms with Crippen molar-refractivity contribution in [3.8, 4) is 0 Å². The minimum absolute atomic E-state index is 0.102. The van der Waals surface area contributed by atoms with Gasteiger partial charge in [0.15, 0.2) is 5.69 Å². The molecule has 0 unspecified atom stereocenters. The number of benzene rings is 1. The normalized spacial score (nSPS) is 16.4. The van der Waals surface area contributed by atoms with Gasteiger partial charge in [-0.15, -0.1) is 0 Å². The van der Waals surface area contributed by atoms with Crippen molar-refractivity contribution < 1.29 is 4.79 Å². The summed E-state index contributed by atoms with van der Waals surface area (Å²) in [5.41, 5.74) is 0.179. The number of aryl methyl sites for hydroxylation is 1. The smallest absolute Gasteiger partial charge is 0.275 e. The zero-order valence-electron chi connectivity index (χ0n) is 12.2. The Balaban J connectivity index is 2.06. The summed E-state index contributed by atoms with van der Waals surface area (Å²) in [6.45, 7) is 3.09. The Kier molecular flexibility index (Phi) is 3.47. The van der Waals surface area contributed by atoms with E-state index in [1.165, 1.54) is 4.68 Å². The van der Waals surface area contributed by atoms with Crippen LogP contribution >= 0.6 is 0 Å². The third kappa shape index (κ3) is 2.42. The molecule has 1 fully saturated rings. The van der Waals surface area contributed by atoms with Crippen molar-refractivity contribution >= 4 is 16.7 Å². The predicted octanol–water partition coefficient (Wildman–Crippen LogP) is 0.321. The molecular weight excluding hydrogens is 268 g/mol. The van der Waals surface area contributed by atoms with Gasteiger partial charge in [-0.25, -0.2) is 4.68 Å². The molecule has 21 heavy (non-hydrogen) atoms. The minimum atomic E-state index is -0.180. The van der Waals surface area contributed by atoms with Crippen LogP contribution in [0.3, 0.4) is 0 Å². The molecule has 1 aromatic heterocycles. The first-order valence-electron chi connectivity index (χ1n) is 7.02. The molecule has 0 bridgehead atoms. The first-order valence-corrected chi connectivity index (χ1v) is 7.02. The lowest BCUT2D eigenvalue weighted by Gasteiger charge is -2.32. The highest BCUT2D eigenvalue weighted by Gasteiger charge is 2.24. The molecule has 0 aliphatic carbocycles. The predicted molar refractivity (Wildman–Crippen MR) is 80.4 cm³/mol. The molecule has 1 aromatic carbocycles. The minimum Gasteiger partial charge on any atom is -0.335 e. The first kappa shape index (κ1) is 13.8. The third-order valence-corrected chi connectivity index (χ3v) is 3.95. The molecular formula is C15H18N4O2. The van der Waals surface area contributed by atoms with Crippen LogP contribution in [0.15, 0.2) is 29.1 Å². The monoisotopic (exact) mass is 286 g/mol. The zero-order chi connectivity index (χ0) is 15.0. The summed E-state index contributed by atoms with van der Waals surface area (Å²) in [5.74, 6) is -0.102. The number of hydrogen-bond acceptors (Lipinski definition) is 4. The number of rotatable bonds is 1. The molecule has 1 aliphatic heterocycles. The molecule has 0 atom stereocenters. The van der Waals surface area contributed by atoms with E-state index >= 15 is 0 Å². The van der Waals surface area contributed by atoms with Crippen molar-refractivity contribution in [2.45, 2.75) is 0 Å². The van der Waals surface area contributed by atoms with Gasteiger partial charge in [0.2, 0.25) is 0 Å². The van der Waals surface area contributed by atoms with Gasteiger partial charge in [-0.05, 0) is 13.1 Å². The van der Waals surface area contributed by atoms with Crippen molar-refractivity contribution in [2.75, 3.05) is 33.2 Å². The number of fused-ring (bicyclic) bond motifs is 1. The van der Waals surface area contributed by atoms with Crippen LogP contribution in [0, 0.1) is 0 Å². The molecule has 110 valence electrons. The number of piperazine rings is 1. The van der Waals surface area contributed by atoms with Crippen molar-refractivity contribution in [2.24, 2.45) is 7.05 Å². The number of likely N-dealkylation sites (N-methyl/N-ethyl adjacent to an activating group) is 1. The molecule has 1 saturated heterocycles. The fraction of sp³-hybridized carbons (Fsp3) is 0.400. The Hall–Kier alpha value is -2.21. The van der Waals surface area contributed by atoms with Crippen molar-refractivity contribution in [1.82, 2.24) is 19.6 Å². The van der Waals surface area contributed by atoms with E-state index in [4.69, 9.17) is 0 Å². The van der Waals surface area contributed by atoms with Gasteiger partial charge in [0.25, 0.3) is 11.5 Å². The Bertz CT molecular complexity index is 745. The maximum Gasteiger partial charge on any atom is 0.275 e. The lowest BCUT2D eigenvalue weighted by Crippen LogP contribution is -2.47. The number of aromatic nitrogens is 2. The van der Waals surface area contributed by atoms with Gasteiger partial charge in [-0.3, -0.25) is 9.59 Å². The van der Waals surface area contributed by atoms with Crippen LogP contribution in [0.5, 0.6) is 0 Å². The van der Waals surface area contributed by atoms with Crippen molar-refractivity contribution in [3.05, 3.63) is 40.3 Å². The van der Waals surface area contributed by atoms with Gasteiger partial charge in [0.05, 0.1) is 5.39 Å². The summed E-state index contributed by atoms with van der Waals surface area (Å²) in [6.07, 6.45) is 0. The van der Waals surface area contributed by atoms with Gasteiger partial charge < -0.3 is 9.80 Å². The summed E-state index contributed by atoms with van der Waals surface area (Å²) in [6, 6.07) is 7.14. The average molecular weight is 286 g/mol. The van der Waals surface area contributed by atoms with Crippen LogP contribution in [0.1, 0.15) is 10.5 Å². The highest BCUT2D eigenvalue weighted by atomic mass is 16.2. The zero-order valence-corrected chi connectivity index (χ0v) is 12.2. The standard InChI is InChI=1S/C15H18N4O2/c1-17-7-9-19(10-8-17)15(21)13-11-5-3-4-6-12(11)14(20)18(2)16-13/h3-6H,7-10H2,1-2H3. The third-order valence-electron chi connectivity index (χ3n) is 3.95. The largest absolute Gasteiger partial charge is 0.335 e. The lowest BCUT2D eigenvalue weighted by molar-refractivity contribution is 0.0658. The molecule has 6 nitrogen and oxygen atoms in total. The molecule has 6 heteroatoms. The average Bonchev–Trinajstić information content (AvgIpc) is 2.51. The number of hydrogen-bond donors (Lipinski definition) is 0. The molecule has 1 aliphatic rings. The second kappa shape index (κ2) is 5.29. The van der Waals surface area contributed by atoms with E-state index in [9.17, 15) is 9.59 Å². The fourth-order valence-corrected chi connectivity index (χ4v) is 2.62. The quantitative estimate of drug-likeness (QED) is 0.757. The highest BCUT2D eigenvalue weighted by Crippen LogP contribution is 2.15. The van der Waals surface area contributed by atoms with Gasteiger partial charge in [-0.1, -0.05) is 18.2 Å². The Morgan fingerprint density at radius 1 is 1.05 bits per heavy atom. The van der Waals surface area contributed by atoms with Crippen molar-refractivity contribution in [3.63, 3.8) is 0 Å². The maximum atomic E-state index is 12.7. The molecule has 0 spiro atoms. The van der Waals surface area contributed by atoms with Gasteiger partial charge in [-0.2, -0.15) is 5.10 Å². The second-order valence-corrected chi connectivity index (χ2v) is 5.42. The SMILES string of the molecule is CN1CCN(C(=O)c2nn(C)c(=O)c3ccccc23)CC1. The van der Waals surface area contributed by atoms with Crippen LogP contribution in [0.4, 0.5) is 0 Å². The van der Waals surface area contributed by atoms with Gasteiger partial charge in [0, 0.05) is 38.6 Å². The first-order chi connectivity index (χ1) is 10.1. The van der Waals surface area contributed by atoms with Crippen LogP contribution in [-0.4, -0.2) is 58.7 Å². The highest BCUT2D eigenvalue weighted by molar-refractivity contribution is 6.04. The molecule has 2 heterocycles. The number of amides is 1. The molecule has 0 N–H and O–H groups in total. The summed E-state index contributed by atoms with van der Waals surface area (Å²) >= 11 is 0. The van der Waals surface area contributed by atoms with Crippen LogP contribution in [0.25, 0.3) is 10.8 Å². The molecule has 2 aromatic rings. The molecule has 1 amide bonds. The number of nitrogens with zero attached hydrogens (tertiary/aromatic N) is 4. The van der Waals surface area contributed by atoms with Crippen LogP contribution < -0.4 is 5.56 Å². The van der Waals surface area contributed by atoms with Crippen molar-refractivity contribution in [1.29, 1.82) is 0 Å². The summed E-state index contributed by atoms with van der Waals surface area (Å²) in [4.78, 5) is 28.8. The summed E-state index contributed by atoms with van der Waals surface area (Å²) in [5, 5.41) is 5.36. The lowest BCUT2D eigenvalue weighted by atomic mass is 10.1. The topological polar surface area (TPSA) is 58.4 Å². The summed E-state index contributed by atoms with van der Waals surface area (Å²) < 4.78 is 1.24. The van der Waals surface area contributed by atoms with E-state index in [0.29, 0.717) is 29.6 Å². The Labute approximate surface area is 122 Å². The Morgan fingerprint density at radius 3 is 2.33 bits per heavy atom. The fourth-order valence-electron chi connectivity index (χ4n) is 2.62. The Morgan fingerprint density at radius 2 is 1.67 bits per heavy atom. The van der Waals surface area contributed by atoms with E-state index in [1.54, 1.807) is 30.1 Å². The van der Waals surface area contributed by atoms with Gasteiger partial charge in [0.1, 0.15) is 0 Å². The molecule has 0 saturated carbocycles. The second-order valence-electron chi connectivity index (χ2n) is 5.42. The van der Waals surface area contributed by atoms with E-state index in [1.807, 2.05) is 13.1 Å². The maximum absolute atomic E-state index is 12.7. The molecule has 3 rings (SSSR count). The van der Waals surface area contributed by atoms with Gasteiger partial charge >= 0.3 is 0 Å². The summed E-state index contributed by atoms with van der Waals surface area (Å²) in [7, 11) is 3.62. The van der Waals surface area contributed by atoms with E-state index in [-0.39, 0.29) is 11.5 Å². The van der Waals surface area contributed by atoms with Crippen LogP contribution in [0.2, 0.25) is 0 Å². The van der Waals surface area contributed by atoms with E-state index < -0.39 is 0 Å². The van der Waals surface area contributed by atoms with E-state index in [0.717, 1.165) is 13.1 Å². The van der Waals surface area contributed by atoms with E-state index in [2.05, 4.69) is 10.00 Å². The molecule has 0 radical (unpaired) electrons. The number of carbonyl (C=O) groups is 1.